The summed E-state index contributed by atoms with van der Waals surface area (Å²) in [6, 6.07) is -1.74. The first-order valence-electron chi connectivity index (χ1n) is 9.14. The van der Waals surface area contributed by atoms with Crippen molar-refractivity contribution in [3.05, 3.63) is 0 Å². The number of hydrogen-bond acceptors (Lipinski definition) is 16. The zero-order chi connectivity index (χ0) is 25.2. The van der Waals surface area contributed by atoms with E-state index in [-0.39, 0.29) is 19.5 Å². The van der Waals surface area contributed by atoms with Crippen LogP contribution in [0.2, 0.25) is 0 Å². The standard InChI is InChI=1S/C13H24N2O15S3/c16-8-1-7(13(17)18)2-15(3-8)4-9-11(6-29-32(22,23)24)28-5-10(14-31(19,20)21)12(9)30-33(25,26)27/h7-12,14,16H,1-6H2,(H,17,18)(H,19,20,21)(H,22,23,24)(H,25,26,27)/p-4/t7?,8-,9-,10?,11?,12-/m0/s1. The summed E-state index contributed by atoms with van der Waals surface area (Å²) in [6.45, 7) is -2.65. The molecular weight excluding hydrogens is 520 g/mol. The highest BCUT2D eigenvalue weighted by molar-refractivity contribution is 7.83. The van der Waals surface area contributed by atoms with Crippen LogP contribution >= 0.6 is 0 Å². The highest BCUT2D eigenvalue weighted by atomic mass is 32.3. The Kier molecular flexibility index (Phi) is 9.14. The Morgan fingerprint density at radius 1 is 1.09 bits per heavy atom. The molecule has 0 aromatic rings. The van der Waals surface area contributed by atoms with Crippen molar-refractivity contribution < 1.29 is 67.0 Å². The van der Waals surface area contributed by atoms with Gasteiger partial charge in [-0.2, -0.15) is 0 Å². The first kappa shape index (κ1) is 28.2. The van der Waals surface area contributed by atoms with Gasteiger partial charge >= 0.3 is 0 Å². The van der Waals surface area contributed by atoms with Gasteiger partial charge in [0.05, 0.1) is 31.5 Å². The number of hydrogen-bond donors (Lipinski definition) is 2. The number of likely N-dealkylation sites (tertiary alicyclic amines) is 1. The molecule has 6 atom stereocenters. The van der Waals surface area contributed by atoms with E-state index in [1.165, 1.54) is 9.62 Å². The van der Waals surface area contributed by atoms with E-state index >= 15 is 0 Å². The second-order valence-electron chi connectivity index (χ2n) is 7.50. The second-order valence-corrected chi connectivity index (χ2v) is 10.7. The van der Waals surface area contributed by atoms with Crippen molar-refractivity contribution in [3.63, 3.8) is 0 Å². The molecule has 0 radical (unpaired) electrons. The Morgan fingerprint density at radius 3 is 2.24 bits per heavy atom. The maximum Gasteiger partial charge on any atom is 0.217 e. The van der Waals surface area contributed by atoms with E-state index in [2.05, 4.69) is 8.37 Å². The third kappa shape index (κ3) is 9.62. The van der Waals surface area contributed by atoms with E-state index < -0.39 is 93.0 Å². The van der Waals surface area contributed by atoms with Crippen molar-refractivity contribution in [1.29, 1.82) is 0 Å². The summed E-state index contributed by atoms with van der Waals surface area (Å²) in [4.78, 5) is 12.5. The predicted octanol–water partition coefficient (Wildman–Crippen LogP) is -5.83. The van der Waals surface area contributed by atoms with Gasteiger partial charge in [0.2, 0.25) is 20.8 Å². The topological polar surface area (TPSA) is 275 Å². The molecule has 0 saturated carbocycles. The number of β-amino-alcohol motifs (C(OH)–C–C–N with tert-alkyl or cyclic N) is 1. The Bertz CT molecular complexity index is 1010. The normalized spacial score (nSPS) is 32.5. The van der Waals surface area contributed by atoms with Gasteiger partial charge in [0.25, 0.3) is 0 Å². The van der Waals surface area contributed by atoms with Crippen LogP contribution in [0.15, 0.2) is 0 Å². The minimum Gasteiger partial charge on any atom is -0.735 e. The Labute approximate surface area is 189 Å². The van der Waals surface area contributed by atoms with Crippen LogP contribution < -0.4 is 9.83 Å². The maximum absolute atomic E-state index is 11.3. The molecule has 2 heterocycles. The zero-order valence-corrected chi connectivity index (χ0v) is 19.0. The summed E-state index contributed by atoms with van der Waals surface area (Å²) in [5.74, 6) is -4.12. The van der Waals surface area contributed by atoms with Crippen LogP contribution in [0.5, 0.6) is 0 Å². The molecule has 0 spiro atoms. The SMILES string of the molecule is O=C([O-])C1C[C@H](O)CN(C[C@H]2C(COS(=O)(=O)[O-])OCC(NS(=O)(=O)[O-])[C@H]2OS(=O)(=O)[O-])C1. The Hall–Kier alpha value is -1.04. The third-order valence-corrected chi connectivity index (χ3v) is 6.47. The summed E-state index contributed by atoms with van der Waals surface area (Å²) in [5, 5.41) is 21.2. The van der Waals surface area contributed by atoms with Gasteiger partial charge in [-0.1, -0.05) is 0 Å². The summed E-state index contributed by atoms with van der Waals surface area (Å²) in [5.41, 5.74) is 0. The minimum absolute atomic E-state index is 0.158. The van der Waals surface area contributed by atoms with Gasteiger partial charge in [-0.25, -0.2) is 30.0 Å². The van der Waals surface area contributed by atoms with Crippen LogP contribution in [0.3, 0.4) is 0 Å². The zero-order valence-electron chi connectivity index (χ0n) is 16.5. The van der Waals surface area contributed by atoms with Crippen molar-refractivity contribution in [1.82, 2.24) is 9.62 Å². The molecule has 194 valence electrons. The number of carboxylic acids is 1. The number of carbonyl (C=O) groups is 1. The lowest BCUT2D eigenvalue weighted by atomic mass is 9.87. The number of rotatable bonds is 10. The highest BCUT2D eigenvalue weighted by Crippen LogP contribution is 2.29. The number of nitrogens with one attached hydrogen (secondary N) is 1. The Morgan fingerprint density at radius 2 is 1.73 bits per heavy atom. The predicted molar refractivity (Wildman–Crippen MR) is 95.6 cm³/mol. The fourth-order valence-corrected chi connectivity index (χ4v) is 5.26. The maximum atomic E-state index is 11.3. The van der Waals surface area contributed by atoms with Crippen molar-refractivity contribution in [2.75, 3.05) is 32.8 Å². The number of aliphatic carboxylic acids is 1. The molecule has 2 aliphatic heterocycles. The summed E-state index contributed by atoms with van der Waals surface area (Å²) in [6.07, 6.45) is -4.77. The molecule has 2 N–H and O–H groups in total. The monoisotopic (exact) mass is 540 g/mol. The molecule has 0 aromatic carbocycles. The highest BCUT2D eigenvalue weighted by Gasteiger charge is 2.45. The van der Waals surface area contributed by atoms with E-state index in [4.69, 9.17) is 4.74 Å². The van der Waals surface area contributed by atoms with Gasteiger partial charge in [-0.05, 0) is 6.42 Å². The minimum atomic E-state index is -5.52. The van der Waals surface area contributed by atoms with Crippen LogP contribution in [0, 0.1) is 11.8 Å². The quantitative estimate of drug-likeness (QED) is 0.193. The van der Waals surface area contributed by atoms with E-state index in [1.54, 1.807) is 0 Å². The van der Waals surface area contributed by atoms with Gasteiger partial charge in [-0.3, -0.25) is 13.3 Å². The molecule has 3 unspecified atom stereocenters. The van der Waals surface area contributed by atoms with Crippen LogP contribution in [-0.2, 0) is 49.0 Å². The molecule has 20 heteroatoms. The fraction of sp³-hybridized carbons (Fsp3) is 0.923. The van der Waals surface area contributed by atoms with E-state index in [0.29, 0.717) is 0 Å². The van der Waals surface area contributed by atoms with Gasteiger partial charge in [-0.15, -0.1) is 0 Å². The van der Waals surface area contributed by atoms with Crippen molar-refractivity contribution in [2.45, 2.75) is 30.8 Å². The van der Waals surface area contributed by atoms with Crippen molar-refractivity contribution >= 4 is 37.1 Å². The molecule has 0 aromatic heterocycles. The Balaban J connectivity index is 2.38. The molecule has 0 bridgehead atoms. The lowest BCUT2D eigenvalue weighted by molar-refractivity contribution is -0.313. The van der Waals surface area contributed by atoms with Crippen LogP contribution in [0.25, 0.3) is 0 Å². The lowest BCUT2D eigenvalue weighted by Crippen LogP contribution is -2.62. The molecule has 0 amide bonds. The van der Waals surface area contributed by atoms with Gasteiger partial charge in [0, 0.05) is 37.4 Å². The van der Waals surface area contributed by atoms with E-state index in [9.17, 15) is 53.9 Å². The molecule has 2 saturated heterocycles. The van der Waals surface area contributed by atoms with E-state index in [1.807, 2.05) is 0 Å². The van der Waals surface area contributed by atoms with Crippen LogP contribution in [0.4, 0.5) is 0 Å². The van der Waals surface area contributed by atoms with E-state index in [0.717, 1.165) is 0 Å². The number of carboxylic acid groups (broad SMARTS) is 1. The van der Waals surface area contributed by atoms with Gasteiger partial charge in [0.15, 0.2) is 10.3 Å². The average molecular weight is 541 g/mol. The summed E-state index contributed by atoms with van der Waals surface area (Å²) in [7, 11) is -16.0. The third-order valence-electron chi connectivity index (χ3n) is 4.99. The summed E-state index contributed by atoms with van der Waals surface area (Å²) < 4.78 is 115. The lowest BCUT2D eigenvalue weighted by Gasteiger charge is -2.46. The number of piperidine rings is 1. The second kappa shape index (κ2) is 10.7. The number of ether oxygens (including phenoxy) is 1. The first-order chi connectivity index (χ1) is 14.9. The number of carbonyl (C=O) groups excluding carboxylic acids is 1. The first-order valence-corrected chi connectivity index (χ1v) is 13.2. The molecular formula is C13H20N2O15S3-4. The molecule has 33 heavy (non-hydrogen) atoms. The largest absolute Gasteiger partial charge is 0.735 e. The molecule has 2 fully saturated rings. The average Bonchev–Trinajstić information content (AvgIpc) is 2.60. The van der Waals surface area contributed by atoms with Crippen LogP contribution in [-0.4, -0.2) is 112 Å². The molecule has 17 nitrogen and oxygen atoms in total. The van der Waals surface area contributed by atoms with Crippen LogP contribution in [0.1, 0.15) is 6.42 Å². The van der Waals surface area contributed by atoms with Gasteiger partial charge < -0.3 is 33.4 Å². The van der Waals surface area contributed by atoms with Crippen molar-refractivity contribution in [2.24, 2.45) is 11.8 Å². The molecule has 0 aliphatic carbocycles. The van der Waals surface area contributed by atoms with Gasteiger partial charge in [0.1, 0.15) is 6.10 Å². The van der Waals surface area contributed by atoms with Crippen molar-refractivity contribution in [3.8, 4) is 0 Å². The number of nitrogens with zero attached hydrogens (tertiary/aromatic N) is 1. The summed E-state index contributed by atoms with van der Waals surface area (Å²) >= 11 is 0. The number of aliphatic hydroxyl groups excluding tert-OH is 1. The molecule has 2 aliphatic rings. The smallest absolute Gasteiger partial charge is 0.217 e. The fourth-order valence-electron chi connectivity index (χ4n) is 3.84. The molecule has 2 rings (SSSR count). The number of aliphatic hydroxyl groups is 1.